The van der Waals surface area contributed by atoms with Crippen molar-refractivity contribution in [3.63, 3.8) is 0 Å². The molecule has 1 atom stereocenters. The lowest BCUT2D eigenvalue weighted by Gasteiger charge is -2.31. The van der Waals surface area contributed by atoms with E-state index >= 15 is 0 Å². The molecule has 1 amide bonds. The van der Waals surface area contributed by atoms with E-state index in [0.717, 1.165) is 11.3 Å². The summed E-state index contributed by atoms with van der Waals surface area (Å²) in [4.78, 5) is 14.7. The Morgan fingerprint density at radius 1 is 1.32 bits per heavy atom. The molecule has 1 aromatic carbocycles. The van der Waals surface area contributed by atoms with Crippen molar-refractivity contribution in [2.75, 3.05) is 24.1 Å². The smallest absolute Gasteiger partial charge is 0.242 e. The van der Waals surface area contributed by atoms with E-state index in [0.29, 0.717) is 18.8 Å². The molecule has 1 aromatic rings. The number of anilines is 2. The first-order chi connectivity index (χ1) is 10.4. The molecule has 1 rings (SSSR count). The highest BCUT2D eigenvalue weighted by atomic mass is 16.2. The van der Waals surface area contributed by atoms with Crippen molar-refractivity contribution >= 4 is 17.3 Å². The fourth-order valence-corrected chi connectivity index (χ4v) is 2.46. The third kappa shape index (κ3) is 4.74. The molecule has 22 heavy (non-hydrogen) atoms. The average Bonchev–Trinajstić information content (AvgIpc) is 2.43. The van der Waals surface area contributed by atoms with E-state index in [-0.39, 0.29) is 17.9 Å². The summed E-state index contributed by atoms with van der Waals surface area (Å²) < 4.78 is 0. The second-order valence-electron chi connectivity index (χ2n) is 5.78. The van der Waals surface area contributed by atoms with Gasteiger partial charge in [0, 0.05) is 24.5 Å². The Morgan fingerprint density at radius 2 is 1.91 bits per heavy atom. The Hall–Kier alpha value is -2.07. The van der Waals surface area contributed by atoms with Gasteiger partial charge in [0.1, 0.15) is 0 Å². The van der Waals surface area contributed by atoms with Crippen molar-refractivity contribution in [3.05, 3.63) is 49.1 Å². The average molecular weight is 301 g/mol. The number of nitrogens with zero attached hydrogens (tertiary/aromatic N) is 1. The number of aryl methyl sites for hydroxylation is 1. The number of carbonyl (C=O) groups is 1. The minimum atomic E-state index is -0.251. The number of nitrogen functional groups attached to an aromatic ring is 1. The summed E-state index contributed by atoms with van der Waals surface area (Å²) in [7, 11) is 0. The first-order valence-electron chi connectivity index (χ1n) is 7.53. The molecule has 3 N–H and O–H groups in total. The van der Waals surface area contributed by atoms with Gasteiger partial charge in [-0.05, 0) is 30.5 Å². The zero-order chi connectivity index (χ0) is 16.7. The third-order valence-electron chi connectivity index (χ3n) is 3.57. The Kier molecular flexibility index (Phi) is 6.86. The van der Waals surface area contributed by atoms with Crippen LogP contribution in [0, 0.1) is 12.8 Å². The van der Waals surface area contributed by atoms with E-state index in [1.54, 1.807) is 18.2 Å². The molecule has 4 nitrogen and oxygen atoms in total. The van der Waals surface area contributed by atoms with Gasteiger partial charge in [-0.2, -0.15) is 0 Å². The van der Waals surface area contributed by atoms with Gasteiger partial charge in [-0.1, -0.05) is 32.1 Å². The summed E-state index contributed by atoms with van der Waals surface area (Å²) in [6, 6.07) is 5.31. The molecule has 0 spiro atoms. The van der Waals surface area contributed by atoms with Crippen LogP contribution in [0.3, 0.4) is 0 Å². The van der Waals surface area contributed by atoms with Gasteiger partial charge < -0.3 is 11.1 Å². The first-order valence-corrected chi connectivity index (χ1v) is 7.53. The second-order valence-corrected chi connectivity index (χ2v) is 5.78. The van der Waals surface area contributed by atoms with E-state index in [1.807, 2.05) is 32.9 Å². The molecule has 0 aliphatic rings. The fraction of sp³-hybridized carbons (Fsp3) is 0.389. The normalized spacial score (nSPS) is 12.2. The standard InChI is InChI=1S/C18H27N3O/c1-6-10-21(11-7-2)17(13(3)4)18(22)20-15-9-8-14(5)16(19)12-15/h6-9,12-13,17H,1-2,10-11,19H2,3-5H3,(H,20,22). The lowest BCUT2D eigenvalue weighted by molar-refractivity contribution is -0.122. The summed E-state index contributed by atoms with van der Waals surface area (Å²) >= 11 is 0. The number of rotatable bonds is 8. The Balaban J connectivity index is 2.94. The number of amides is 1. The highest BCUT2D eigenvalue weighted by molar-refractivity contribution is 5.95. The predicted octanol–water partition coefficient (Wildman–Crippen LogP) is 3.21. The molecule has 1 unspecified atom stereocenters. The largest absolute Gasteiger partial charge is 0.398 e. The van der Waals surface area contributed by atoms with Gasteiger partial charge in [-0.15, -0.1) is 13.2 Å². The number of hydrogen-bond donors (Lipinski definition) is 2. The van der Waals surface area contributed by atoms with Gasteiger partial charge in [0.2, 0.25) is 5.91 Å². The SMILES string of the molecule is C=CCN(CC=C)C(C(=O)Nc1ccc(C)c(N)c1)C(C)C. The van der Waals surface area contributed by atoms with Gasteiger partial charge >= 0.3 is 0 Å². The van der Waals surface area contributed by atoms with Crippen LogP contribution in [0.4, 0.5) is 11.4 Å². The molecule has 0 aliphatic carbocycles. The van der Waals surface area contributed by atoms with Crippen LogP contribution >= 0.6 is 0 Å². The third-order valence-corrected chi connectivity index (χ3v) is 3.57. The van der Waals surface area contributed by atoms with Crippen molar-refractivity contribution in [3.8, 4) is 0 Å². The molecule has 0 fully saturated rings. The molecule has 0 aliphatic heterocycles. The molecule has 0 saturated carbocycles. The molecule has 0 aromatic heterocycles. The van der Waals surface area contributed by atoms with Crippen LogP contribution in [0.1, 0.15) is 19.4 Å². The highest BCUT2D eigenvalue weighted by Crippen LogP contribution is 2.19. The van der Waals surface area contributed by atoms with Gasteiger partial charge in [0.25, 0.3) is 0 Å². The summed E-state index contributed by atoms with van der Waals surface area (Å²) in [5.41, 5.74) is 8.29. The van der Waals surface area contributed by atoms with Crippen molar-refractivity contribution in [2.24, 2.45) is 5.92 Å². The Labute approximate surface area is 133 Å². The van der Waals surface area contributed by atoms with E-state index in [9.17, 15) is 4.79 Å². The zero-order valence-corrected chi connectivity index (χ0v) is 13.8. The van der Waals surface area contributed by atoms with E-state index in [2.05, 4.69) is 23.4 Å². The summed E-state index contributed by atoms with van der Waals surface area (Å²) in [6.45, 7) is 14.8. The van der Waals surface area contributed by atoms with Crippen LogP contribution in [0.2, 0.25) is 0 Å². The van der Waals surface area contributed by atoms with Crippen LogP contribution in [0.25, 0.3) is 0 Å². The Bertz CT molecular complexity index is 527. The maximum atomic E-state index is 12.7. The van der Waals surface area contributed by atoms with E-state index in [4.69, 9.17) is 5.73 Å². The van der Waals surface area contributed by atoms with Gasteiger partial charge in [-0.25, -0.2) is 0 Å². The Morgan fingerprint density at radius 3 is 2.36 bits per heavy atom. The van der Waals surface area contributed by atoms with Gasteiger partial charge in [0.15, 0.2) is 0 Å². The molecule has 4 heteroatoms. The maximum Gasteiger partial charge on any atom is 0.242 e. The zero-order valence-electron chi connectivity index (χ0n) is 13.8. The van der Waals surface area contributed by atoms with Crippen LogP contribution in [-0.4, -0.2) is 29.9 Å². The summed E-state index contributed by atoms with van der Waals surface area (Å²) in [5, 5.41) is 2.96. The lowest BCUT2D eigenvalue weighted by Crippen LogP contribution is -2.47. The molecule has 0 saturated heterocycles. The first kappa shape index (κ1) is 18.0. The van der Waals surface area contributed by atoms with Crippen LogP contribution in [-0.2, 0) is 4.79 Å². The number of nitrogens with one attached hydrogen (secondary N) is 1. The predicted molar refractivity (Wildman–Crippen MR) is 94.8 cm³/mol. The van der Waals surface area contributed by atoms with Crippen molar-refractivity contribution < 1.29 is 4.79 Å². The van der Waals surface area contributed by atoms with Gasteiger partial charge in [0.05, 0.1) is 6.04 Å². The maximum absolute atomic E-state index is 12.7. The van der Waals surface area contributed by atoms with Crippen molar-refractivity contribution in [2.45, 2.75) is 26.8 Å². The van der Waals surface area contributed by atoms with E-state index in [1.165, 1.54) is 0 Å². The quantitative estimate of drug-likeness (QED) is 0.572. The van der Waals surface area contributed by atoms with Crippen molar-refractivity contribution in [1.82, 2.24) is 4.90 Å². The van der Waals surface area contributed by atoms with E-state index < -0.39 is 0 Å². The molecule has 0 radical (unpaired) electrons. The minimum Gasteiger partial charge on any atom is -0.398 e. The number of hydrogen-bond acceptors (Lipinski definition) is 3. The molecule has 0 bridgehead atoms. The number of benzene rings is 1. The topological polar surface area (TPSA) is 58.4 Å². The molecular weight excluding hydrogens is 274 g/mol. The monoisotopic (exact) mass is 301 g/mol. The fourth-order valence-electron chi connectivity index (χ4n) is 2.46. The van der Waals surface area contributed by atoms with Gasteiger partial charge in [-0.3, -0.25) is 9.69 Å². The molecule has 0 heterocycles. The second kappa shape index (κ2) is 8.39. The van der Waals surface area contributed by atoms with Crippen LogP contribution in [0.15, 0.2) is 43.5 Å². The van der Waals surface area contributed by atoms with Crippen molar-refractivity contribution in [1.29, 1.82) is 0 Å². The lowest BCUT2D eigenvalue weighted by atomic mass is 10.0. The molecule has 120 valence electrons. The van der Waals surface area contributed by atoms with Crippen LogP contribution < -0.4 is 11.1 Å². The summed E-state index contributed by atoms with van der Waals surface area (Å²) in [6.07, 6.45) is 3.60. The molecular formula is C18H27N3O. The highest BCUT2D eigenvalue weighted by Gasteiger charge is 2.27. The van der Waals surface area contributed by atoms with Crippen LogP contribution in [0.5, 0.6) is 0 Å². The number of nitrogens with two attached hydrogens (primary N) is 1. The summed E-state index contributed by atoms with van der Waals surface area (Å²) in [5.74, 6) is 0.129. The number of carbonyl (C=O) groups excluding carboxylic acids is 1. The minimum absolute atomic E-state index is 0.0399.